The number of hydrogen-bond acceptors (Lipinski definition) is 3. The van der Waals surface area contributed by atoms with E-state index in [1.807, 2.05) is 13.8 Å². The minimum absolute atomic E-state index is 0.0750. The summed E-state index contributed by atoms with van der Waals surface area (Å²) >= 11 is 0. The Morgan fingerprint density at radius 3 is 2.00 bits per heavy atom. The molecule has 0 spiro atoms. The van der Waals surface area contributed by atoms with Gasteiger partial charge in [-0.2, -0.15) is 0 Å². The minimum Gasteiger partial charge on any atom is -0.394 e. The van der Waals surface area contributed by atoms with Gasteiger partial charge in [-0.1, -0.05) is 76.9 Å². The number of rotatable bonds is 14. The van der Waals surface area contributed by atoms with Gasteiger partial charge >= 0.3 is 0 Å². The van der Waals surface area contributed by atoms with Gasteiger partial charge in [0.15, 0.2) is 5.79 Å². The van der Waals surface area contributed by atoms with Gasteiger partial charge in [0.2, 0.25) is 0 Å². The van der Waals surface area contributed by atoms with Crippen molar-refractivity contribution in [1.29, 1.82) is 0 Å². The normalized spacial score (nSPS) is 23.4. The van der Waals surface area contributed by atoms with Crippen LogP contribution < -0.4 is 0 Å². The third-order valence-electron chi connectivity index (χ3n) is 4.92. The van der Waals surface area contributed by atoms with Gasteiger partial charge in [0.1, 0.15) is 0 Å². The average molecular weight is 355 g/mol. The van der Waals surface area contributed by atoms with Crippen LogP contribution in [0.25, 0.3) is 0 Å². The predicted molar refractivity (Wildman–Crippen MR) is 106 cm³/mol. The van der Waals surface area contributed by atoms with Gasteiger partial charge in [-0.3, -0.25) is 0 Å². The molecule has 1 heterocycles. The topological polar surface area (TPSA) is 38.7 Å². The van der Waals surface area contributed by atoms with Crippen LogP contribution in [0.4, 0.5) is 0 Å². The van der Waals surface area contributed by atoms with E-state index in [1.54, 1.807) is 0 Å². The summed E-state index contributed by atoms with van der Waals surface area (Å²) in [6.45, 7) is 6.20. The molecule has 2 atom stereocenters. The molecule has 3 nitrogen and oxygen atoms in total. The van der Waals surface area contributed by atoms with Gasteiger partial charge in [0.05, 0.1) is 18.8 Å². The summed E-state index contributed by atoms with van der Waals surface area (Å²) in [5, 5.41) is 9.33. The summed E-state index contributed by atoms with van der Waals surface area (Å²) in [5.74, 6) is -0.583. The Morgan fingerprint density at radius 1 is 0.840 bits per heavy atom. The smallest absolute Gasteiger partial charge is 0.163 e. The fourth-order valence-corrected chi connectivity index (χ4v) is 3.59. The first kappa shape index (κ1) is 22.7. The predicted octanol–water partition coefficient (Wildman–Crippen LogP) is 6.15. The zero-order valence-electron chi connectivity index (χ0n) is 17.0. The van der Waals surface area contributed by atoms with E-state index in [0.717, 1.165) is 12.8 Å². The molecule has 0 unspecified atom stereocenters. The number of ether oxygens (including phenoxy) is 2. The second-order valence-corrected chi connectivity index (χ2v) is 7.98. The molecular weight excluding hydrogens is 312 g/mol. The van der Waals surface area contributed by atoms with Crippen LogP contribution in [0.15, 0.2) is 12.2 Å². The van der Waals surface area contributed by atoms with Gasteiger partial charge in [-0.25, -0.2) is 0 Å². The molecule has 1 fully saturated rings. The van der Waals surface area contributed by atoms with Gasteiger partial charge < -0.3 is 14.6 Å². The molecule has 0 amide bonds. The van der Waals surface area contributed by atoms with Gasteiger partial charge in [-0.15, -0.1) is 0 Å². The summed E-state index contributed by atoms with van der Waals surface area (Å²) in [6.07, 6.45) is 21.4. The first-order valence-electron chi connectivity index (χ1n) is 10.7. The number of hydrogen-bond donors (Lipinski definition) is 1. The largest absolute Gasteiger partial charge is 0.394 e. The van der Waals surface area contributed by atoms with Crippen LogP contribution in [0.5, 0.6) is 0 Å². The summed E-state index contributed by atoms with van der Waals surface area (Å²) in [5.41, 5.74) is 0. The van der Waals surface area contributed by atoms with Crippen LogP contribution in [0.1, 0.15) is 104 Å². The number of aliphatic hydroxyl groups excluding tert-OH is 1. The van der Waals surface area contributed by atoms with E-state index < -0.39 is 5.79 Å². The second kappa shape index (κ2) is 13.8. The van der Waals surface area contributed by atoms with Crippen molar-refractivity contribution in [2.75, 3.05) is 6.61 Å². The Hall–Kier alpha value is -0.380. The molecule has 0 radical (unpaired) electrons. The van der Waals surface area contributed by atoms with E-state index in [4.69, 9.17) is 9.47 Å². The molecule has 25 heavy (non-hydrogen) atoms. The van der Waals surface area contributed by atoms with Crippen molar-refractivity contribution in [2.24, 2.45) is 0 Å². The van der Waals surface area contributed by atoms with Gasteiger partial charge in [0, 0.05) is 6.42 Å². The Labute approximate surface area is 156 Å². The maximum absolute atomic E-state index is 9.33. The summed E-state index contributed by atoms with van der Waals surface area (Å²) in [6, 6.07) is 0. The Morgan fingerprint density at radius 2 is 1.40 bits per heavy atom. The van der Waals surface area contributed by atoms with Gasteiger partial charge in [0.25, 0.3) is 0 Å². The molecule has 0 aromatic carbocycles. The zero-order valence-corrected chi connectivity index (χ0v) is 17.0. The van der Waals surface area contributed by atoms with E-state index in [-0.39, 0.29) is 18.8 Å². The summed E-state index contributed by atoms with van der Waals surface area (Å²) < 4.78 is 11.6. The SMILES string of the molecule is CCCCCCCCCCCC/C=C/C[C@@H]1C[C@H](CO)OC(C)(C)O1. The van der Waals surface area contributed by atoms with Crippen LogP contribution in [0, 0.1) is 0 Å². The first-order valence-corrected chi connectivity index (χ1v) is 10.7. The molecule has 0 bridgehead atoms. The van der Waals surface area contributed by atoms with Gasteiger partial charge in [-0.05, 0) is 33.1 Å². The highest BCUT2D eigenvalue weighted by Gasteiger charge is 2.34. The van der Waals surface area contributed by atoms with Crippen molar-refractivity contribution in [3.8, 4) is 0 Å². The average Bonchev–Trinajstić information content (AvgIpc) is 2.57. The maximum atomic E-state index is 9.33. The van der Waals surface area contributed by atoms with Crippen LogP contribution in [-0.4, -0.2) is 29.7 Å². The summed E-state index contributed by atoms with van der Waals surface area (Å²) in [4.78, 5) is 0. The zero-order chi connectivity index (χ0) is 18.4. The lowest BCUT2D eigenvalue weighted by Gasteiger charge is -2.40. The van der Waals surface area contributed by atoms with E-state index in [2.05, 4.69) is 19.1 Å². The standard InChI is InChI=1S/C22H42O3/c1-4-5-6-7-8-9-10-11-12-13-14-15-16-17-20-18-21(19-23)25-22(2,3)24-20/h15-16,20-21,23H,4-14,17-19H2,1-3H3/b16-15+/t20-,21-/m1/s1. The summed E-state index contributed by atoms with van der Waals surface area (Å²) in [7, 11) is 0. The highest BCUT2D eigenvalue weighted by atomic mass is 16.7. The molecule has 1 N–H and O–H groups in total. The molecule has 0 aromatic rings. The van der Waals surface area contributed by atoms with E-state index >= 15 is 0 Å². The van der Waals surface area contributed by atoms with E-state index in [9.17, 15) is 5.11 Å². The Bertz CT molecular complexity index is 338. The van der Waals surface area contributed by atoms with Crippen molar-refractivity contribution in [1.82, 2.24) is 0 Å². The van der Waals surface area contributed by atoms with Crippen molar-refractivity contribution in [3.63, 3.8) is 0 Å². The fourth-order valence-electron chi connectivity index (χ4n) is 3.59. The highest BCUT2D eigenvalue weighted by molar-refractivity contribution is 4.87. The van der Waals surface area contributed by atoms with E-state index in [0.29, 0.717) is 0 Å². The monoisotopic (exact) mass is 354 g/mol. The number of unbranched alkanes of at least 4 members (excludes halogenated alkanes) is 10. The Balaban J connectivity index is 1.96. The fraction of sp³-hybridized carbons (Fsp3) is 0.909. The molecular formula is C22H42O3. The second-order valence-electron chi connectivity index (χ2n) is 7.98. The minimum atomic E-state index is -0.583. The number of aliphatic hydroxyl groups is 1. The maximum Gasteiger partial charge on any atom is 0.163 e. The molecule has 0 aromatic heterocycles. The molecule has 0 saturated carbocycles. The van der Waals surface area contributed by atoms with E-state index in [1.165, 1.54) is 70.6 Å². The Kier molecular flexibility index (Phi) is 12.5. The van der Waals surface area contributed by atoms with Crippen molar-refractivity contribution in [3.05, 3.63) is 12.2 Å². The van der Waals surface area contributed by atoms with Crippen molar-refractivity contribution >= 4 is 0 Å². The molecule has 1 aliphatic heterocycles. The molecule has 1 aliphatic rings. The molecule has 1 saturated heterocycles. The molecule has 1 rings (SSSR count). The lowest BCUT2D eigenvalue weighted by molar-refractivity contribution is -0.302. The highest BCUT2D eigenvalue weighted by Crippen LogP contribution is 2.28. The third-order valence-corrected chi connectivity index (χ3v) is 4.92. The molecule has 0 aliphatic carbocycles. The third kappa shape index (κ3) is 11.8. The quantitative estimate of drug-likeness (QED) is 0.300. The molecule has 148 valence electrons. The van der Waals surface area contributed by atoms with Crippen LogP contribution >= 0.6 is 0 Å². The van der Waals surface area contributed by atoms with Crippen molar-refractivity contribution < 1.29 is 14.6 Å². The van der Waals surface area contributed by atoms with Crippen LogP contribution in [0.3, 0.4) is 0 Å². The first-order chi connectivity index (χ1) is 12.1. The lowest BCUT2D eigenvalue weighted by atomic mass is 10.0. The molecule has 3 heteroatoms. The van der Waals surface area contributed by atoms with Crippen molar-refractivity contribution in [2.45, 2.75) is 122 Å². The number of allylic oxidation sites excluding steroid dienone is 1. The van der Waals surface area contributed by atoms with Crippen LogP contribution in [-0.2, 0) is 9.47 Å². The van der Waals surface area contributed by atoms with Crippen LogP contribution in [0.2, 0.25) is 0 Å². The lowest BCUT2D eigenvalue weighted by Crippen LogP contribution is -2.45.